The van der Waals surface area contributed by atoms with Gasteiger partial charge in [-0.15, -0.1) is 0 Å². The number of hydrogen-bond acceptors (Lipinski definition) is 2. The molecule has 3 N–H and O–H groups in total. The molecule has 0 bridgehead atoms. The molecule has 2 rings (SSSR count). The summed E-state index contributed by atoms with van der Waals surface area (Å²) in [6.07, 6.45) is 0. The number of hydrogen-bond donors (Lipinski definition) is 2. The third-order valence-electron chi connectivity index (χ3n) is 3.32. The molecule has 2 nitrogen and oxygen atoms in total. The number of aryl methyl sites for hydroxylation is 2. The smallest absolute Gasteiger partial charge is 0.0725 e. The molecule has 19 heavy (non-hydrogen) atoms. The predicted octanol–water partition coefficient (Wildman–Crippen LogP) is 4.16. The van der Waals surface area contributed by atoms with Crippen LogP contribution in [-0.4, -0.2) is 0 Å². The molecule has 4 heteroatoms. The molecule has 100 valence electrons. The summed E-state index contributed by atoms with van der Waals surface area (Å²) in [7, 11) is 0. The van der Waals surface area contributed by atoms with Crippen LogP contribution in [0.15, 0.2) is 36.4 Å². The van der Waals surface area contributed by atoms with Gasteiger partial charge in [-0.1, -0.05) is 53.5 Å². The summed E-state index contributed by atoms with van der Waals surface area (Å²) in [5.41, 5.74) is 7.21. The first-order chi connectivity index (χ1) is 9.04. The Morgan fingerprint density at radius 2 is 1.79 bits per heavy atom. The largest absolute Gasteiger partial charge is 0.271 e. The standard InChI is InChI=1S/C15H16Cl2N2/c1-9-6-7-11(8-10(9)2)15(19-18)12-4-3-5-13(16)14(12)17/h3-8,15,19H,18H2,1-2H3. The van der Waals surface area contributed by atoms with Crippen LogP contribution in [0.1, 0.15) is 28.3 Å². The quantitative estimate of drug-likeness (QED) is 0.659. The number of hydrazine groups is 1. The van der Waals surface area contributed by atoms with E-state index in [4.69, 9.17) is 29.0 Å². The highest BCUT2D eigenvalue weighted by atomic mass is 35.5. The lowest BCUT2D eigenvalue weighted by atomic mass is 9.96. The van der Waals surface area contributed by atoms with Gasteiger partial charge in [-0.05, 0) is 42.2 Å². The van der Waals surface area contributed by atoms with Crippen molar-refractivity contribution in [2.45, 2.75) is 19.9 Å². The minimum Gasteiger partial charge on any atom is -0.271 e. The molecule has 0 amide bonds. The first-order valence-electron chi connectivity index (χ1n) is 6.01. The van der Waals surface area contributed by atoms with E-state index in [9.17, 15) is 0 Å². The van der Waals surface area contributed by atoms with Crippen LogP contribution in [0.2, 0.25) is 10.0 Å². The van der Waals surface area contributed by atoms with Crippen LogP contribution in [0.25, 0.3) is 0 Å². The minimum absolute atomic E-state index is 0.175. The third kappa shape index (κ3) is 2.93. The summed E-state index contributed by atoms with van der Waals surface area (Å²) in [5, 5.41) is 1.06. The molecule has 0 aliphatic heterocycles. The molecular weight excluding hydrogens is 279 g/mol. The van der Waals surface area contributed by atoms with Gasteiger partial charge >= 0.3 is 0 Å². The molecule has 0 aliphatic rings. The average Bonchev–Trinajstić information content (AvgIpc) is 2.39. The molecule has 0 saturated heterocycles. The fourth-order valence-electron chi connectivity index (χ4n) is 2.05. The van der Waals surface area contributed by atoms with Crippen molar-refractivity contribution in [1.82, 2.24) is 5.43 Å². The Morgan fingerprint density at radius 1 is 1.05 bits per heavy atom. The molecular formula is C15H16Cl2N2. The normalized spacial score (nSPS) is 12.5. The van der Waals surface area contributed by atoms with E-state index in [2.05, 4.69) is 31.4 Å². The van der Waals surface area contributed by atoms with Gasteiger partial charge in [-0.2, -0.15) is 0 Å². The van der Waals surface area contributed by atoms with Gasteiger partial charge in [0.1, 0.15) is 0 Å². The summed E-state index contributed by atoms with van der Waals surface area (Å²) in [6, 6.07) is 11.6. The lowest BCUT2D eigenvalue weighted by molar-refractivity contribution is 0.636. The van der Waals surface area contributed by atoms with E-state index in [0.717, 1.165) is 11.1 Å². The number of halogens is 2. The Balaban J connectivity index is 2.50. The van der Waals surface area contributed by atoms with Crippen molar-refractivity contribution in [3.05, 3.63) is 68.7 Å². The van der Waals surface area contributed by atoms with E-state index >= 15 is 0 Å². The molecule has 2 aromatic rings. The van der Waals surface area contributed by atoms with E-state index in [1.165, 1.54) is 11.1 Å². The average molecular weight is 295 g/mol. The van der Waals surface area contributed by atoms with E-state index in [1.807, 2.05) is 18.2 Å². The number of rotatable bonds is 3. The topological polar surface area (TPSA) is 38.0 Å². The van der Waals surface area contributed by atoms with Gasteiger partial charge in [-0.3, -0.25) is 5.84 Å². The fourth-order valence-corrected chi connectivity index (χ4v) is 2.47. The Morgan fingerprint density at radius 3 is 2.42 bits per heavy atom. The van der Waals surface area contributed by atoms with Crippen molar-refractivity contribution in [3.63, 3.8) is 0 Å². The van der Waals surface area contributed by atoms with Crippen LogP contribution in [0.3, 0.4) is 0 Å². The van der Waals surface area contributed by atoms with Crippen molar-refractivity contribution >= 4 is 23.2 Å². The zero-order valence-electron chi connectivity index (χ0n) is 10.9. The zero-order valence-corrected chi connectivity index (χ0v) is 12.4. The molecule has 0 heterocycles. The monoisotopic (exact) mass is 294 g/mol. The van der Waals surface area contributed by atoms with Gasteiger partial charge in [0.25, 0.3) is 0 Å². The van der Waals surface area contributed by atoms with E-state index < -0.39 is 0 Å². The highest BCUT2D eigenvalue weighted by Gasteiger charge is 2.17. The number of benzene rings is 2. The van der Waals surface area contributed by atoms with E-state index in [0.29, 0.717) is 10.0 Å². The van der Waals surface area contributed by atoms with Crippen molar-refractivity contribution in [2.24, 2.45) is 5.84 Å². The summed E-state index contributed by atoms with van der Waals surface area (Å²) in [5.74, 6) is 5.69. The zero-order chi connectivity index (χ0) is 14.0. The molecule has 0 saturated carbocycles. The second-order valence-electron chi connectivity index (χ2n) is 4.59. The molecule has 2 aromatic carbocycles. The maximum Gasteiger partial charge on any atom is 0.0725 e. The van der Waals surface area contributed by atoms with Gasteiger partial charge < -0.3 is 0 Å². The lowest BCUT2D eigenvalue weighted by Crippen LogP contribution is -2.29. The predicted molar refractivity (Wildman–Crippen MR) is 81.5 cm³/mol. The Labute approximate surface area is 123 Å². The number of nitrogens with one attached hydrogen (secondary N) is 1. The fraction of sp³-hybridized carbons (Fsp3) is 0.200. The summed E-state index contributed by atoms with van der Waals surface area (Å²) in [4.78, 5) is 0. The highest BCUT2D eigenvalue weighted by Crippen LogP contribution is 2.33. The van der Waals surface area contributed by atoms with Crippen LogP contribution in [-0.2, 0) is 0 Å². The molecule has 0 spiro atoms. The highest BCUT2D eigenvalue weighted by molar-refractivity contribution is 6.42. The van der Waals surface area contributed by atoms with E-state index in [1.54, 1.807) is 6.07 Å². The van der Waals surface area contributed by atoms with Crippen molar-refractivity contribution < 1.29 is 0 Å². The van der Waals surface area contributed by atoms with Gasteiger partial charge in [0.15, 0.2) is 0 Å². The van der Waals surface area contributed by atoms with Crippen molar-refractivity contribution in [1.29, 1.82) is 0 Å². The van der Waals surface area contributed by atoms with Crippen LogP contribution in [0.4, 0.5) is 0 Å². The molecule has 1 unspecified atom stereocenters. The van der Waals surface area contributed by atoms with E-state index in [-0.39, 0.29) is 6.04 Å². The van der Waals surface area contributed by atoms with Gasteiger partial charge in [0.05, 0.1) is 16.1 Å². The molecule has 0 aromatic heterocycles. The van der Waals surface area contributed by atoms with Crippen LogP contribution in [0, 0.1) is 13.8 Å². The van der Waals surface area contributed by atoms with Crippen LogP contribution < -0.4 is 11.3 Å². The first kappa shape index (κ1) is 14.4. The maximum absolute atomic E-state index is 6.26. The van der Waals surface area contributed by atoms with Crippen LogP contribution in [0.5, 0.6) is 0 Å². The second-order valence-corrected chi connectivity index (χ2v) is 5.37. The van der Waals surface area contributed by atoms with Crippen molar-refractivity contribution in [3.8, 4) is 0 Å². The van der Waals surface area contributed by atoms with Crippen LogP contribution >= 0.6 is 23.2 Å². The van der Waals surface area contributed by atoms with Gasteiger partial charge in [0.2, 0.25) is 0 Å². The SMILES string of the molecule is Cc1ccc(C(NN)c2cccc(Cl)c2Cl)cc1C. The summed E-state index contributed by atoms with van der Waals surface area (Å²) < 4.78 is 0. The summed E-state index contributed by atoms with van der Waals surface area (Å²) in [6.45, 7) is 4.16. The lowest BCUT2D eigenvalue weighted by Gasteiger charge is -2.19. The van der Waals surface area contributed by atoms with Gasteiger partial charge in [-0.25, -0.2) is 5.43 Å². The first-order valence-corrected chi connectivity index (χ1v) is 6.77. The number of nitrogens with two attached hydrogens (primary N) is 1. The Hall–Kier alpha value is -1.06. The molecule has 1 atom stereocenters. The Bertz CT molecular complexity index is 597. The summed E-state index contributed by atoms with van der Waals surface area (Å²) >= 11 is 12.3. The Kier molecular flexibility index (Phi) is 4.48. The van der Waals surface area contributed by atoms with Gasteiger partial charge in [0, 0.05) is 0 Å². The second kappa shape index (κ2) is 5.93. The molecule has 0 radical (unpaired) electrons. The van der Waals surface area contributed by atoms with Crippen molar-refractivity contribution in [2.75, 3.05) is 0 Å². The maximum atomic E-state index is 6.26. The third-order valence-corrected chi connectivity index (χ3v) is 4.16. The molecule has 0 fully saturated rings. The minimum atomic E-state index is -0.175. The molecule has 0 aliphatic carbocycles.